The summed E-state index contributed by atoms with van der Waals surface area (Å²) in [4.78, 5) is 20.0. The van der Waals surface area contributed by atoms with Gasteiger partial charge in [0.2, 0.25) is 0 Å². The summed E-state index contributed by atoms with van der Waals surface area (Å²) in [6.07, 6.45) is 5.36. The highest BCUT2D eigenvalue weighted by Gasteiger charge is 2.12. The zero-order chi connectivity index (χ0) is 22.9. The van der Waals surface area contributed by atoms with Crippen LogP contribution < -0.4 is 5.32 Å². The summed E-state index contributed by atoms with van der Waals surface area (Å²) in [5, 5.41) is 13.1. The van der Waals surface area contributed by atoms with Crippen LogP contribution >= 0.6 is 11.6 Å². The van der Waals surface area contributed by atoms with E-state index in [0.717, 1.165) is 22.0 Å². The minimum absolute atomic E-state index is 0.0246. The second-order valence-electron chi connectivity index (χ2n) is 7.96. The lowest BCUT2D eigenvalue weighted by Crippen LogP contribution is -2.23. The Morgan fingerprint density at radius 1 is 1.15 bits per heavy atom. The SMILES string of the molecule is Cc1cnc2ccc(Cc3cc(C(=O)NCc4cc5c(Cl)c[nH]c5cc4F)cnn3)cc2c1. The summed E-state index contributed by atoms with van der Waals surface area (Å²) in [5.41, 5.74) is 5.03. The van der Waals surface area contributed by atoms with Gasteiger partial charge in [0.05, 0.1) is 28.0 Å². The zero-order valence-electron chi connectivity index (χ0n) is 17.7. The molecule has 6 nitrogen and oxygen atoms in total. The third-order valence-electron chi connectivity index (χ3n) is 5.47. The van der Waals surface area contributed by atoms with Crippen LogP contribution in [0, 0.1) is 12.7 Å². The molecule has 0 aliphatic carbocycles. The fourth-order valence-corrected chi connectivity index (χ4v) is 4.01. The van der Waals surface area contributed by atoms with Crippen LogP contribution in [-0.2, 0) is 13.0 Å². The first-order chi connectivity index (χ1) is 16.0. The average molecular weight is 460 g/mol. The Bertz CT molecular complexity index is 1510. The predicted octanol–water partition coefficient (Wildman–Crippen LogP) is 5.13. The van der Waals surface area contributed by atoms with Crippen molar-refractivity contribution in [1.82, 2.24) is 25.5 Å². The number of aromatic nitrogens is 4. The first-order valence-electron chi connectivity index (χ1n) is 10.4. The van der Waals surface area contributed by atoms with Crippen molar-refractivity contribution in [2.75, 3.05) is 0 Å². The van der Waals surface area contributed by atoms with Crippen LogP contribution in [-0.4, -0.2) is 26.1 Å². The number of rotatable bonds is 5. The normalized spacial score (nSPS) is 11.2. The number of aryl methyl sites for hydroxylation is 1. The van der Waals surface area contributed by atoms with E-state index in [9.17, 15) is 9.18 Å². The van der Waals surface area contributed by atoms with Crippen molar-refractivity contribution in [3.63, 3.8) is 0 Å². The standard InChI is InChI=1S/C25H19ClFN5O/c1-14-4-16-5-15(2-3-23(16)28-10-14)6-19-7-18(12-31-32-19)25(33)30-11-17-8-20-21(26)13-29-24(20)9-22(17)27/h2-5,7-10,12-13,29H,6,11H2,1H3,(H,30,33). The van der Waals surface area contributed by atoms with E-state index in [2.05, 4.69) is 37.6 Å². The topological polar surface area (TPSA) is 83.6 Å². The molecule has 1 amide bonds. The maximum absolute atomic E-state index is 14.4. The van der Waals surface area contributed by atoms with E-state index in [1.165, 1.54) is 12.3 Å². The second kappa shape index (κ2) is 8.60. The number of carbonyl (C=O) groups is 1. The van der Waals surface area contributed by atoms with Gasteiger partial charge >= 0.3 is 0 Å². The molecular formula is C25H19ClFN5O. The lowest BCUT2D eigenvalue weighted by Gasteiger charge is -2.08. The van der Waals surface area contributed by atoms with Crippen molar-refractivity contribution < 1.29 is 9.18 Å². The first kappa shape index (κ1) is 21.0. The largest absolute Gasteiger partial charge is 0.360 e. The zero-order valence-corrected chi connectivity index (χ0v) is 18.4. The van der Waals surface area contributed by atoms with Gasteiger partial charge in [-0.2, -0.15) is 10.2 Å². The van der Waals surface area contributed by atoms with Crippen molar-refractivity contribution in [3.8, 4) is 0 Å². The molecule has 3 heterocycles. The van der Waals surface area contributed by atoms with Crippen molar-refractivity contribution in [1.29, 1.82) is 0 Å². The summed E-state index contributed by atoms with van der Waals surface area (Å²) in [6, 6.07) is 12.8. The number of fused-ring (bicyclic) bond motifs is 2. The Morgan fingerprint density at radius 3 is 2.91 bits per heavy atom. The van der Waals surface area contributed by atoms with E-state index >= 15 is 0 Å². The Hall–Kier alpha value is -3.84. The highest BCUT2D eigenvalue weighted by Crippen LogP contribution is 2.26. The summed E-state index contributed by atoms with van der Waals surface area (Å²) in [6.45, 7) is 2.03. The predicted molar refractivity (Wildman–Crippen MR) is 126 cm³/mol. The summed E-state index contributed by atoms with van der Waals surface area (Å²) >= 11 is 6.12. The molecule has 0 spiro atoms. The van der Waals surface area contributed by atoms with Crippen molar-refractivity contribution >= 4 is 39.3 Å². The number of pyridine rings is 1. The van der Waals surface area contributed by atoms with Gasteiger partial charge in [0.15, 0.2) is 0 Å². The Morgan fingerprint density at radius 2 is 2.03 bits per heavy atom. The van der Waals surface area contributed by atoms with E-state index in [1.807, 2.05) is 25.3 Å². The van der Waals surface area contributed by atoms with Crippen LogP contribution in [0.3, 0.4) is 0 Å². The van der Waals surface area contributed by atoms with Crippen molar-refractivity contribution in [2.45, 2.75) is 19.9 Å². The number of hydrogen-bond donors (Lipinski definition) is 2. The van der Waals surface area contributed by atoms with Crippen molar-refractivity contribution in [2.24, 2.45) is 0 Å². The average Bonchev–Trinajstić information content (AvgIpc) is 3.16. The van der Waals surface area contributed by atoms with E-state index in [4.69, 9.17) is 11.6 Å². The fraction of sp³-hybridized carbons (Fsp3) is 0.120. The van der Waals surface area contributed by atoms with Gasteiger partial charge in [0.25, 0.3) is 5.91 Å². The quantitative estimate of drug-likeness (QED) is 0.381. The van der Waals surface area contributed by atoms with Gasteiger partial charge < -0.3 is 10.3 Å². The molecule has 0 saturated carbocycles. The molecule has 0 bridgehead atoms. The monoisotopic (exact) mass is 459 g/mol. The van der Waals surface area contributed by atoms with Gasteiger partial charge in [-0.1, -0.05) is 17.7 Å². The third-order valence-corrected chi connectivity index (χ3v) is 5.79. The molecule has 33 heavy (non-hydrogen) atoms. The number of H-pyrrole nitrogens is 1. The number of benzene rings is 2. The van der Waals surface area contributed by atoms with Gasteiger partial charge in [-0.05, 0) is 54.4 Å². The number of nitrogens with zero attached hydrogens (tertiary/aromatic N) is 3. The molecule has 5 rings (SSSR count). The summed E-state index contributed by atoms with van der Waals surface area (Å²) < 4.78 is 14.4. The molecule has 0 fully saturated rings. The van der Waals surface area contributed by atoms with Gasteiger partial charge in [-0.3, -0.25) is 9.78 Å². The molecule has 8 heteroatoms. The molecule has 0 atom stereocenters. The molecule has 0 saturated heterocycles. The minimum Gasteiger partial charge on any atom is -0.360 e. The van der Waals surface area contributed by atoms with Crippen LogP contribution in [0.2, 0.25) is 5.02 Å². The smallest absolute Gasteiger partial charge is 0.253 e. The second-order valence-corrected chi connectivity index (χ2v) is 8.37. The number of hydrogen-bond acceptors (Lipinski definition) is 4. The van der Waals surface area contributed by atoms with Gasteiger partial charge in [0, 0.05) is 47.2 Å². The summed E-state index contributed by atoms with van der Waals surface area (Å²) in [5.74, 6) is -0.778. The van der Waals surface area contributed by atoms with Crippen LogP contribution in [0.25, 0.3) is 21.8 Å². The summed E-state index contributed by atoms with van der Waals surface area (Å²) in [7, 11) is 0. The maximum atomic E-state index is 14.4. The van der Waals surface area contributed by atoms with E-state index < -0.39 is 5.82 Å². The molecule has 164 valence electrons. The Balaban J connectivity index is 1.31. The molecule has 3 aromatic heterocycles. The van der Waals surface area contributed by atoms with Gasteiger partial charge in [-0.15, -0.1) is 0 Å². The molecule has 2 aromatic carbocycles. The highest BCUT2D eigenvalue weighted by molar-refractivity contribution is 6.35. The number of carbonyl (C=O) groups excluding carboxylic acids is 1. The molecule has 2 N–H and O–H groups in total. The van der Waals surface area contributed by atoms with E-state index in [1.54, 1.807) is 18.3 Å². The van der Waals surface area contributed by atoms with Crippen LogP contribution in [0.4, 0.5) is 4.39 Å². The van der Waals surface area contributed by atoms with Gasteiger partial charge in [0.1, 0.15) is 5.82 Å². The molecule has 0 aliphatic heterocycles. The number of halogens is 2. The Kier molecular flexibility index (Phi) is 5.48. The van der Waals surface area contributed by atoms with E-state index in [0.29, 0.717) is 39.2 Å². The number of nitrogens with one attached hydrogen (secondary N) is 2. The molecule has 0 aliphatic rings. The van der Waals surface area contributed by atoms with E-state index in [-0.39, 0.29) is 12.5 Å². The van der Waals surface area contributed by atoms with Crippen LogP contribution in [0.15, 0.2) is 61.1 Å². The fourth-order valence-electron chi connectivity index (χ4n) is 3.80. The lowest BCUT2D eigenvalue weighted by molar-refractivity contribution is 0.0950. The Labute approximate surface area is 193 Å². The maximum Gasteiger partial charge on any atom is 0.253 e. The molecular weight excluding hydrogens is 441 g/mol. The molecule has 0 radical (unpaired) electrons. The van der Waals surface area contributed by atoms with Gasteiger partial charge in [-0.25, -0.2) is 4.39 Å². The number of aromatic amines is 1. The minimum atomic E-state index is -0.420. The molecule has 5 aromatic rings. The number of amides is 1. The highest BCUT2D eigenvalue weighted by atomic mass is 35.5. The van der Waals surface area contributed by atoms with Crippen LogP contribution in [0.5, 0.6) is 0 Å². The van der Waals surface area contributed by atoms with Crippen LogP contribution in [0.1, 0.15) is 32.7 Å². The third kappa shape index (κ3) is 4.40. The molecule has 0 unspecified atom stereocenters. The first-order valence-corrected chi connectivity index (χ1v) is 10.7. The lowest BCUT2D eigenvalue weighted by atomic mass is 10.0. The van der Waals surface area contributed by atoms with Crippen molar-refractivity contribution in [3.05, 3.63) is 99.8 Å².